The largest absolute Gasteiger partial charge is 0.342 e. The number of aromatic nitrogens is 2. The summed E-state index contributed by atoms with van der Waals surface area (Å²) in [6, 6.07) is 10.1. The van der Waals surface area contributed by atoms with Crippen LogP contribution in [0.5, 0.6) is 0 Å². The smallest absolute Gasteiger partial charge is 0.223 e. The van der Waals surface area contributed by atoms with Gasteiger partial charge in [0.25, 0.3) is 0 Å². The molecule has 1 aliphatic rings. The van der Waals surface area contributed by atoms with Gasteiger partial charge in [0.2, 0.25) is 5.91 Å². The fourth-order valence-electron chi connectivity index (χ4n) is 3.60. The molecule has 2 aromatic heterocycles. The average molecular weight is 352 g/mol. The third kappa shape index (κ3) is 5.63. The molecule has 1 amide bonds. The molecule has 0 aromatic carbocycles. The van der Waals surface area contributed by atoms with Crippen LogP contribution in [0.4, 0.5) is 0 Å². The number of pyridine rings is 2. The summed E-state index contributed by atoms with van der Waals surface area (Å²) in [5.74, 6) is 0.796. The van der Waals surface area contributed by atoms with Gasteiger partial charge in [0.05, 0.1) is 0 Å². The van der Waals surface area contributed by atoms with E-state index in [1.165, 1.54) is 12.0 Å². The topological polar surface area (TPSA) is 49.3 Å². The number of carbonyl (C=O) groups excluding carboxylic acids is 1. The molecular weight excluding hydrogens is 324 g/mol. The molecule has 1 saturated heterocycles. The molecule has 0 saturated carbocycles. The van der Waals surface area contributed by atoms with Gasteiger partial charge in [-0.1, -0.05) is 12.1 Å². The molecule has 5 nitrogen and oxygen atoms in total. The minimum atomic E-state index is 0.272. The minimum Gasteiger partial charge on any atom is -0.342 e. The number of rotatable bonds is 7. The number of amides is 1. The number of piperidine rings is 1. The molecule has 1 aliphatic heterocycles. The van der Waals surface area contributed by atoms with E-state index < -0.39 is 0 Å². The van der Waals surface area contributed by atoms with Gasteiger partial charge in [-0.3, -0.25) is 14.8 Å². The molecule has 26 heavy (non-hydrogen) atoms. The number of carbonyl (C=O) groups is 1. The first-order chi connectivity index (χ1) is 12.7. The first-order valence-corrected chi connectivity index (χ1v) is 9.46. The summed E-state index contributed by atoms with van der Waals surface area (Å²) in [5, 5.41) is 0. The van der Waals surface area contributed by atoms with Gasteiger partial charge in [-0.2, -0.15) is 0 Å². The van der Waals surface area contributed by atoms with E-state index in [-0.39, 0.29) is 5.91 Å². The molecule has 0 N–H and O–H groups in total. The molecule has 0 unspecified atom stereocenters. The third-order valence-electron chi connectivity index (χ3n) is 4.98. The molecule has 0 spiro atoms. The Hall–Kier alpha value is -2.27. The second-order valence-electron chi connectivity index (χ2n) is 7.22. The predicted molar refractivity (Wildman–Crippen MR) is 102 cm³/mol. The Morgan fingerprint density at radius 1 is 1.27 bits per heavy atom. The third-order valence-corrected chi connectivity index (χ3v) is 4.98. The van der Waals surface area contributed by atoms with E-state index in [9.17, 15) is 4.79 Å². The van der Waals surface area contributed by atoms with Crippen molar-refractivity contribution in [3.8, 4) is 0 Å². The van der Waals surface area contributed by atoms with E-state index in [1.807, 2.05) is 30.6 Å². The fourth-order valence-corrected chi connectivity index (χ4v) is 3.60. The van der Waals surface area contributed by atoms with Crippen LogP contribution in [0.3, 0.4) is 0 Å². The minimum absolute atomic E-state index is 0.272. The highest BCUT2D eigenvalue weighted by atomic mass is 16.2. The van der Waals surface area contributed by atoms with Gasteiger partial charge in [0.15, 0.2) is 0 Å². The Balaban J connectivity index is 1.43. The van der Waals surface area contributed by atoms with E-state index in [1.54, 1.807) is 6.20 Å². The standard InChI is InChI=1S/C21H28N4O/c1-24(16-19-6-4-10-22-15-19)13-9-21(26)25-12-5-7-18(17-25)14-20-8-2-3-11-23-20/h2-4,6,8,10-11,15,18H,5,7,9,12-14,16-17H2,1H3/t18-/m0/s1. The zero-order valence-electron chi connectivity index (χ0n) is 15.6. The summed E-state index contributed by atoms with van der Waals surface area (Å²) >= 11 is 0. The van der Waals surface area contributed by atoms with Crippen LogP contribution in [-0.2, 0) is 17.8 Å². The molecule has 1 fully saturated rings. The number of hydrogen-bond donors (Lipinski definition) is 0. The molecule has 2 aromatic rings. The molecule has 0 aliphatic carbocycles. The van der Waals surface area contributed by atoms with Crippen molar-refractivity contribution in [2.24, 2.45) is 5.92 Å². The van der Waals surface area contributed by atoms with Gasteiger partial charge in [0, 0.05) is 56.9 Å². The molecule has 5 heteroatoms. The van der Waals surface area contributed by atoms with Crippen LogP contribution in [0.15, 0.2) is 48.9 Å². The van der Waals surface area contributed by atoms with Crippen LogP contribution < -0.4 is 0 Å². The fraction of sp³-hybridized carbons (Fsp3) is 0.476. The highest BCUT2D eigenvalue weighted by Crippen LogP contribution is 2.20. The lowest BCUT2D eigenvalue weighted by Crippen LogP contribution is -2.41. The second kappa shape index (κ2) is 9.43. The van der Waals surface area contributed by atoms with E-state index in [0.29, 0.717) is 12.3 Å². The lowest BCUT2D eigenvalue weighted by atomic mass is 9.93. The van der Waals surface area contributed by atoms with Crippen molar-refractivity contribution in [1.29, 1.82) is 0 Å². The van der Waals surface area contributed by atoms with Crippen molar-refractivity contribution in [1.82, 2.24) is 19.8 Å². The summed E-state index contributed by atoms with van der Waals surface area (Å²) in [4.78, 5) is 25.4. The molecule has 138 valence electrons. The Morgan fingerprint density at radius 2 is 2.19 bits per heavy atom. The molecule has 0 bridgehead atoms. The highest BCUT2D eigenvalue weighted by Gasteiger charge is 2.24. The Bertz CT molecular complexity index is 677. The lowest BCUT2D eigenvalue weighted by Gasteiger charge is -2.33. The lowest BCUT2D eigenvalue weighted by molar-refractivity contribution is -0.133. The summed E-state index contributed by atoms with van der Waals surface area (Å²) < 4.78 is 0. The highest BCUT2D eigenvalue weighted by molar-refractivity contribution is 5.76. The first kappa shape index (κ1) is 18.5. The van der Waals surface area contributed by atoms with Crippen molar-refractivity contribution >= 4 is 5.91 Å². The summed E-state index contributed by atoms with van der Waals surface area (Å²) in [6.45, 7) is 3.35. The quantitative estimate of drug-likeness (QED) is 0.769. The maximum Gasteiger partial charge on any atom is 0.223 e. The summed E-state index contributed by atoms with van der Waals surface area (Å²) in [7, 11) is 2.06. The SMILES string of the molecule is CN(CCC(=O)N1CCC[C@@H](Cc2ccccn2)C1)Cc1cccnc1. The monoisotopic (exact) mass is 352 g/mol. The Kier molecular flexibility index (Phi) is 6.72. The van der Waals surface area contributed by atoms with Gasteiger partial charge in [-0.05, 0) is 56.0 Å². The normalized spacial score (nSPS) is 17.5. The van der Waals surface area contributed by atoms with E-state index >= 15 is 0 Å². The van der Waals surface area contributed by atoms with Crippen molar-refractivity contribution in [3.05, 3.63) is 60.2 Å². The van der Waals surface area contributed by atoms with E-state index in [2.05, 4.69) is 38.9 Å². The van der Waals surface area contributed by atoms with Crippen LogP contribution in [0.1, 0.15) is 30.5 Å². The predicted octanol–water partition coefficient (Wildman–Crippen LogP) is 2.78. The molecule has 3 heterocycles. The first-order valence-electron chi connectivity index (χ1n) is 9.46. The summed E-state index contributed by atoms with van der Waals surface area (Å²) in [5.41, 5.74) is 2.30. The van der Waals surface area contributed by atoms with Crippen LogP contribution in [-0.4, -0.2) is 52.4 Å². The van der Waals surface area contributed by atoms with Gasteiger partial charge in [-0.15, -0.1) is 0 Å². The van der Waals surface area contributed by atoms with Crippen LogP contribution in [0, 0.1) is 5.92 Å². The maximum atomic E-state index is 12.6. The number of likely N-dealkylation sites (tertiary alicyclic amines) is 1. The average Bonchev–Trinajstić information content (AvgIpc) is 2.68. The molecule has 1 atom stereocenters. The van der Waals surface area contributed by atoms with Crippen molar-refractivity contribution < 1.29 is 4.79 Å². The zero-order chi connectivity index (χ0) is 18.2. The Morgan fingerprint density at radius 3 is 2.96 bits per heavy atom. The van der Waals surface area contributed by atoms with Crippen LogP contribution >= 0.6 is 0 Å². The molecule has 0 radical (unpaired) electrons. The van der Waals surface area contributed by atoms with Crippen LogP contribution in [0.2, 0.25) is 0 Å². The van der Waals surface area contributed by atoms with Gasteiger partial charge >= 0.3 is 0 Å². The van der Waals surface area contributed by atoms with Gasteiger partial charge < -0.3 is 9.80 Å². The maximum absolute atomic E-state index is 12.6. The van der Waals surface area contributed by atoms with Gasteiger partial charge in [-0.25, -0.2) is 0 Å². The van der Waals surface area contributed by atoms with Crippen LogP contribution in [0.25, 0.3) is 0 Å². The Labute approximate surface area is 156 Å². The number of nitrogens with zero attached hydrogens (tertiary/aromatic N) is 4. The molecular formula is C21H28N4O. The van der Waals surface area contributed by atoms with Crippen molar-refractivity contribution in [2.45, 2.75) is 32.2 Å². The van der Waals surface area contributed by atoms with E-state index in [0.717, 1.165) is 44.7 Å². The molecule has 3 rings (SSSR count). The van der Waals surface area contributed by atoms with Crippen molar-refractivity contribution in [3.63, 3.8) is 0 Å². The van der Waals surface area contributed by atoms with Gasteiger partial charge in [0.1, 0.15) is 0 Å². The van der Waals surface area contributed by atoms with E-state index in [4.69, 9.17) is 0 Å². The number of hydrogen-bond acceptors (Lipinski definition) is 4. The zero-order valence-corrected chi connectivity index (χ0v) is 15.6. The van der Waals surface area contributed by atoms with Crippen molar-refractivity contribution in [2.75, 3.05) is 26.7 Å². The summed E-state index contributed by atoms with van der Waals surface area (Å²) in [6.07, 6.45) is 9.32. The second-order valence-corrected chi connectivity index (χ2v) is 7.22.